The van der Waals surface area contributed by atoms with Gasteiger partial charge in [0.05, 0.1) is 5.69 Å². The molecule has 0 saturated heterocycles. The number of imide groups is 1. The number of anilines is 1. The third kappa shape index (κ3) is 4.19. The van der Waals surface area contributed by atoms with E-state index in [-0.39, 0.29) is 36.6 Å². The summed E-state index contributed by atoms with van der Waals surface area (Å²) in [5, 5.41) is 11.7. The first kappa shape index (κ1) is 22.5. The van der Waals surface area contributed by atoms with Crippen LogP contribution in [0, 0.1) is 0 Å². The average Bonchev–Trinajstić information content (AvgIpc) is 3.35. The molecule has 1 aromatic heterocycles. The lowest BCUT2D eigenvalue weighted by atomic mass is 9.94. The van der Waals surface area contributed by atoms with E-state index in [1.54, 1.807) is 18.2 Å². The third-order valence-electron chi connectivity index (χ3n) is 6.13. The molecule has 3 aromatic carbocycles. The highest BCUT2D eigenvalue weighted by molar-refractivity contribution is 6.25. The van der Waals surface area contributed by atoms with E-state index in [2.05, 4.69) is 20.5 Å². The Labute approximate surface area is 202 Å². The van der Waals surface area contributed by atoms with Crippen LogP contribution >= 0.6 is 0 Å². The number of nitrogens with zero attached hydrogens (tertiary/aromatic N) is 3. The first-order valence-corrected chi connectivity index (χ1v) is 11.6. The van der Waals surface area contributed by atoms with Crippen molar-refractivity contribution < 1.29 is 14.4 Å². The SMILES string of the molecule is CC(C)c1nc(-c2ccccc2NC(=O)CCCN2C(=O)c3cccc4cccc(c34)C2=O)n[nH]1. The number of hydrogen-bond acceptors (Lipinski definition) is 5. The number of benzene rings is 3. The molecular weight excluding hydrogens is 442 g/mol. The van der Waals surface area contributed by atoms with E-state index in [0.717, 1.165) is 16.8 Å². The Kier molecular flexibility index (Phi) is 5.86. The Morgan fingerprint density at radius 2 is 1.60 bits per heavy atom. The van der Waals surface area contributed by atoms with Gasteiger partial charge in [-0.25, -0.2) is 4.98 Å². The molecule has 176 valence electrons. The first-order valence-electron chi connectivity index (χ1n) is 11.6. The van der Waals surface area contributed by atoms with Crippen molar-refractivity contribution in [3.05, 3.63) is 77.6 Å². The van der Waals surface area contributed by atoms with Crippen molar-refractivity contribution in [1.29, 1.82) is 0 Å². The second-order valence-corrected chi connectivity index (χ2v) is 8.87. The minimum absolute atomic E-state index is 0.155. The molecule has 2 N–H and O–H groups in total. The van der Waals surface area contributed by atoms with E-state index in [1.807, 2.05) is 56.3 Å². The van der Waals surface area contributed by atoms with Crippen molar-refractivity contribution in [2.75, 3.05) is 11.9 Å². The molecule has 8 heteroatoms. The number of amides is 3. The van der Waals surface area contributed by atoms with Gasteiger partial charge in [-0.2, -0.15) is 5.10 Å². The van der Waals surface area contributed by atoms with Crippen LogP contribution in [0.15, 0.2) is 60.7 Å². The summed E-state index contributed by atoms with van der Waals surface area (Å²) in [6.07, 6.45) is 0.504. The molecule has 0 unspecified atom stereocenters. The fraction of sp³-hybridized carbons (Fsp3) is 0.222. The Bertz CT molecular complexity index is 1410. The second-order valence-electron chi connectivity index (χ2n) is 8.87. The lowest BCUT2D eigenvalue weighted by Crippen LogP contribution is -2.41. The van der Waals surface area contributed by atoms with Crippen LogP contribution in [0.1, 0.15) is 59.1 Å². The van der Waals surface area contributed by atoms with E-state index < -0.39 is 0 Å². The summed E-state index contributed by atoms with van der Waals surface area (Å²) in [6.45, 7) is 4.21. The summed E-state index contributed by atoms with van der Waals surface area (Å²) in [5.41, 5.74) is 2.36. The minimum atomic E-state index is -0.324. The van der Waals surface area contributed by atoms with E-state index >= 15 is 0 Å². The maximum absolute atomic E-state index is 13.0. The van der Waals surface area contributed by atoms with Crippen LogP contribution in [0.3, 0.4) is 0 Å². The predicted molar refractivity (Wildman–Crippen MR) is 133 cm³/mol. The molecule has 0 fully saturated rings. The molecule has 5 rings (SSSR count). The van der Waals surface area contributed by atoms with E-state index in [1.165, 1.54) is 4.90 Å². The summed E-state index contributed by atoms with van der Waals surface area (Å²) in [7, 11) is 0. The number of hydrogen-bond donors (Lipinski definition) is 2. The molecule has 0 radical (unpaired) electrons. The van der Waals surface area contributed by atoms with Gasteiger partial charge in [0.1, 0.15) is 5.82 Å². The zero-order valence-electron chi connectivity index (χ0n) is 19.5. The van der Waals surface area contributed by atoms with Crippen LogP contribution in [-0.2, 0) is 4.79 Å². The van der Waals surface area contributed by atoms with Crippen LogP contribution in [0.2, 0.25) is 0 Å². The molecule has 0 saturated carbocycles. The Hall–Kier alpha value is -4.33. The summed E-state index contributed by atoms with van der Waals surface area (Å²) in [4.78, 5) is 44.5. The average molecular weight is 468 g/mol. The predicted octanol–water partition coefficient (Wildman–Crippen LogP) is 4.76. The van der Waals surface area contributed by atoms with Gasteiger partial charge < -0.3 is 5.32 Å². The molecule has 0 atom stereocenters. The summed E-state index contributed by atoms with van der Waals surface area (Å²) >= 11 is 0. The topological polar surface area (TPSA) is 108 Å². The van der Waals surface area contributed by atoms with Crippen LogP contribution in [0.5, 0.6) is 0 Å². The van der Waals surface area contributed by atoms with Crippen molar-refractivity contribution in [3.8, 4) is 11.4 Å². The largest absolute Gasteiger partial charge is 0.325 e. The Balaban J connectivity index is 1.25. The molecule has 0 bridgehead atoms. The molecular formula is C27H25N5O3. The smallest absolute Gasteiger partial charge is 0.261 e. The Morgan fingerprint density at radius 3 is 2.26 bits per heavy atom. The van der Waals surface area contributed by atoms with Gasteiger partial charge in [-0.05, 0) is 36.1 Å². The van der Waals surface area contributed by atoms with Gasteiger partial charge in [-0.3, -0.25) is 24.4 Å². The molecule has 35 heavy (non-hydrogen) atoms. The lowest BCUT2D eigenvalue weighted by molar-refractivity contribution is -0.116. The van der Waals surface area contributed by atoms with Gasteiger partial charge in [0.15, 0.2) is 5.82 Å². The van der Waals surface area contributed by atoms with Crippen molar-refractivity contribution >= 4 is 34.2 Å². The third-order valence-corrected chi connectivity index (χ3v) is 6.13. The van der Waals surface area contributed by atoms with Crippen molar-refractivity contribution in [2.24, 2.45) is 0 Å². The molecule has 0 spiro atoms. The quantitative estimate of drug-likeness (QED) is 0.381. The fourth-order valence-corrected chi connectivity index (χ4v) is 4.33. The van der Waals surface area contributed by atoms with Crippen molar-refractivity contribution in [3.63, 3.8) is 0 Å². The number of aromatic nitrogens is 3. The van der Waals surface area contributed by atoms with E-state index in [9.17, 15) is 14.4 Å². The molecule has 2 heterocycles. The lowest BCUT2D eigenvalue weighted by Gasteiger charge is -2.27. The maximum atomic E-state index is 13.0. The van der Waals surface area contributed by atoms with E-state index in [4.69, 9.17) is 0 Å². The van der Waals surface area contributed by atoms with Crippen molar-refractivity contribution in [2.45, 2.75) is 32.6 Å². The molecule has 4 aromatic rings. The van der Waals surface area contributed by atoms with Crippen LogP contribution in [0.25, 0.3) is 22.2 Å². The summed E-state index contributed by atoms with van der Waals surface area (Å²) in [6, 6.07) is 18.2. The number of carbonyl (C=O) groups is 3. The van der Waals surface area contributed by atoms with Gasteiger partial charge >= 0.3 is 0 Å². The standard InChI is InChI=1S/C27H25N5O3/c1-16(2)24-29-25(31-30-24)18-10-3-4-13-21(18)28-22(33)14-7-15-32-26(34)19-11-5-8-17-9-6-12-20(23(17)19)27(32)35/h3-6,8-13,16H,7,14-15H2,1-2H3,(H,28,33)(H,29,30,31). The zero-order valence-corrected chi connectivity index (χ0v) is 19.5. The second kappa shape index (κ2) is 9.13. The molecule has 0 aliphatic carbocycles. The van der Waals surface area contributed by atoms with Gasteiger partial charge in [-0.1, -0.05) is 50.2 Å². The normalized spacial score (nSPS) is 13.1. The van der Waals surface area contributed by atoms with Gasteiger partial charge in [0.2, 0.25) is 5.91 Å². The fourth-order valence-electron chi connectivity index (χ4n) is 4.33. The highest BCUT2D eigenvalue weighted by atomic mass is 16.2. The zero-order chi connectivity index (χ0) is 24.5. The summed E-state index contributed by atoms with van der Waals surface area (Å²) in [5.74, 6) is 0.635. The number of aromatic amines is 1. The highest BCUT2D eigenvalue weighted by Gasteiger charge is 2.32. The molecule has 1 aliphatic heterocycles. The monoisotopic (exact) mass is 467 g/mol. The first-order chi connectivity index (χ1) is 16.9. The summed E-state index contributed by atoms with van der Waals surface area (Å²) < 4.78 is 0. The number of para-hydroxylation sites is 1. The minimum Gasteiger partial charge on any atom is -0.325 e. The van der Waals surface area contributed by atoms with Gasteiger partial charge in [0, 0.05) is 41.0 Å². The van der Waals surface area contributed by atoms with Gasteiger partial charge in [0.25, 0.3) is 11.8 Å². The number of nitrogens with one attached hydrogen (secondary N) is 2. The molecule has 8 nitrogen and oxygen atoms in total. The van der Waals surface area contributed by atoms with Gasteiger partial charge in [-0.15, -0.1) is 0 Å². The molecule has 3 amide bonds. The molecule has 1 aliphatic rings. The number of H-pyrrole nitrogens is 1. The number of carbonyl (C=O) groups excluding carboxylic acids is 3. The maximum Gasteiger partial charge on any atom is 0.261 e. The Morgan fingerprint density at radius 1 is 0.943 bits per heavy atom. The van der Waals surface area contributed by atoms with Crippen LogP contribution in [0.4, 0.5) is 5.69 Å². The van der Waals surface area contributed by atoms with Crippen LogP contribution < -0.4 is 5.32 Å². The van der Waals surface area contributed by atoms with Crippen molar-refractivity contribution in [1.82, 2.24) is 20.1 Å². The van der Waals surface area contributed by atoms with Crippen LogP contribution in [-0.4, -0.2) is 44.3 Å². The number of rotatable bonds is 7. The highest BCUT2D eigenvalue weighted by Crippen LogP contribution is 2.30. The van der Waals surface area contributed by atoms with E-state index in [0.29, 0.717) is 34.4 Å².